The molecule has 1 aromatic heterocycles. The van der Waals surface area contributed by atoms with E-state index < -0.39 is 73.9 Å². The van der Waals surface area contributed by atoms with E-state index in [4.69, 9.17) is 9.47 Å². The second-order valence-corrected chi connectivity index (χ2v) is 6.80. The van der Waals surface area contributed by atoms with Crippen LogP contribution in [0, 0.1) is 0 Å². The first-order valence-electron chi connectivity index (χ1n) is 9.48. The summed E-state index contributed by atoms with van der Waals surface area (Å²) in [5, 5.41) is 25.8. The number of rotatable bonds is 9. The summed E-state index contributed by atoms with van der Waals surface area (Å²) < 4.78 is 48.0. The molecule has 4 atom stereocenters. The molecule has 0 radical (unpaired) electrons. The number of nitrogens with one attached hydrogen (secondary N) is 3. The molecule has 33 heavy (non-hydrogen) atoms. The highest BCUT2D eigenvalue weighted by Gasteiger charge is 2.46. The van der Waals surface area contributed by atoms with E-state index in [1.807, 2.05) is 0 Å². The van der Waals surface area contributed by atoms with Crippen molar-refractivity contribution in [1.29, 1.82) is 0 Å². The van der Waals surface area contributed by atoms with Gasteiger partial charge >= 0.3 is 17.8 Å². The molecule has 2 heterocycles. The minimum absolute atomic E-state index is 0.0320. The van der Waals surface area contributed by atoms with Gasteiger partial charge in [0.2, 0.25) is 11.8 Å². The van der Waals surface area contributed by atoms with Crippen LogP contribution < -0.4 is 21.6 Å². The number of halogens is 3. The fourth-order valence-electron chi connectivity index (χ4n) is 2.83. The van der Waals surface area contributed by atoms with Crippen molar-refractivity contribution in [2.75, 3.05) is 31.6 Å². The number of nitrogens with zero attached hydrogens (tertiary/aromatic N) is 2. The fraction of sp³-hybridized carbons (Fsp3) is 0.588. The number of ether oxygens (including phenoxy) is 2. The summed E-state index contributed by atoms with van der Waals surface area (Å²) >= 11 is 0. The van der Waals surface area contributed by atoms with Crippen LogP contribution in [0.15, 0.2) is 17.1 Å². The number of anilines is 1. The van der Waals surface area contributed by atoms with Gasteiger partial charge in [0.25, 0.3) is 0 Å². The Labute approximate surface area is 183 Å². The average Bonchev–Trinajstić information content (AvgIpc) is 3.03. The lowest BCUT2D eigenvalue weighted by Gasteiger charge is -2.22. The van der Waals surface area contributed by atoms with Gasteiger partial charge in [-0.3, -0.25) is 19.0 Å². The first-order valence-corrected chi connectivity index (χ1v) is 9.48. The predicted molar refractivity (Wildman–Crippen MR) is 102 cm³/mol. The molecule has 3 amide bonds. The third kappa shape index (κ3) is 7.21. The Hall–Kier alpha value is -3.08. The average molecular weight is 481 g/mol. The summed E-state index contributed by atoms with van der Waals surface area (Å²) in [6.45, 7) is -0.914. The van der Waals surface area contributed by atoms with Crippen LogP contribution >= 0.6 is 0 Å². The van der Waals surface area contributed by atoms with Gasteiger partial charge in [-0.25, -0.2) is 4.79 Å². The molecule has 1 aliphatic rings. The lowest BCUT2D eigenvalue weighted by molar-refractivity contribution is -0.173. The number of amides is 3. The van der Waals surface area contributed by atoms with Crippen LogP contribution in [0.25, 0.3) is 0 Å². The molecule has 1 unspecified atom stereocenters. The summed E-state index contributed by atoms with van der Waals surface area (Å²) in [7, 11) is 0. The van der Waals surface area contributed by atoms with Crippen LogP contribution in [0.1, 0.15) is 13.2 Å². The third-order valence-electron chi connectivity index (χ3n) is 4.30. The van der Waals surface area contributed by atoms with E-state index >= 15 is 0 Å². The molecule has 5 N–H and O–H groups in total. The zero-order valence-electron chi connectivity index (χ0n) is 17.2. The summed E-state index contributed by atoms with van der Waals surface area (Å²) in [5.74, 6) is -3.44. The largest absolute Gasteiger partial charge is 0.471 e. The Kier molecular flexibility index (Phi) is 8.86. The van der Waals surface area contributed by atoms with Gasteiger partial charge in [-0.15, -0.1) is 0 Å². The number of carbonyl (C=O) groups excluding carboxylic acids is 3. The highest BCUT2D eigenvalue weighted by Crippen LogP contribution is 2.30. The zero-order valence-corrected chi connectivity index (χ0v) is 17.2. The Bertz CT molecular complexity index is 925. The van der Waals surface area contributed by atoms with Crippen molar-refractivity contribution in [2.45, 2.75) is 37.6 Å². The maximum Gasteiger partial charge on any atom is 0.471 e. The molecule has 13 nitrogen and oxygen atoms in total. The summed E-state index contributed by atoms with van der Waals surface area (Å²) in [4.78, 5) is 49.6. The number of aliphatic hydroxyl groups excluding tert-OH is 2. The van der Waals surface area contributed by atoms with Crippen LogP contribution in [0.3, 0.4) is 0 Å². The van der Waals surface area contributed by atoms with Crippen molar-refractivity contribution in [3.8, 4) is 0 Å². The van der Waals surface area contributed by atoms with Gasteiger partial charge in [-0.1, -0.05) is 0 Å². The van der Waals surface area contributed by atoms with Crippen molar-refractivity contribution in [3.63, 3.8) is 0 Å². The van der Waals surface area contributed by atoms with Gasteiger partial charge in [0.15, 0.2) is 6.23 Å². The summed E-state index contributed by atoms with van der Waals surface area (Å²) in [5.41, 5.74) is -0.879. The molecular weight excluding hydrogens is 459 g/mol. The van der Waals surface area contributed by atoms with E-state index in [1.165, 1.54) is 19.2 Å². The minimum Gasteiger partial charge on any atom is -0.394 e. The first-order chi connectivity index (χ1) is 15.4. The lowest BCUT2D eigenvalue weighted by Crippen LogP contribution is -2.43. The molecule has 1 aliphatic heterocycles. The van der Waals surface area contributed by atoms with Gasteiger partial charge in [0, 0.05) is 26.2 Å². The van der Waals surface area contributed by atoms with E-state index in [0.29, 0.717) is 0 Å². The van der Waals surface area contributed by atoms with Gasteiger partial charge in [-0.05, 0) is 6.07 Å². The van der Waals surface area contributed by atoms with Crippen molar-refractivity contribution in [3.05, 3.63) is 22.7 Å². The Morgan fingerprint density at radius 1 is 1.27 bits per heavy atom. The highest BCUT2D eigenvalue weighted by atomic mass is 19.4. The van der Waals surface area contributed by atoms with Crippen molar-refractivity contribution in [1.82, 2.24) is 20.2 Å². The van der Waals surface area contributed by atoms with Gasteiger partial charge in [-0.2, -0.15) is 18.2 Å². The van der Waals surface area contributed by atoms with E-state index in [2.05, 4.69) is 15.6 Å². The molecule has 1 saturated heterocycles. The molecule has 0 aromatic carbocycles. The highest BCUT2D eigenvalue weighted by molar-refractivity contribution is 5.87. The van der Waals surface area contributed by atoms with Crippen molar-refractivity contribution in [2.24, 2.45) is 0 Å². The molecular formula is C17H22F3N5O8. The van der Waals surface area contributed by atoms with Crippen LogP contribution in [-0.2, 0) is 23.9 Å². The number of hydrogen-bond acceptors (Lipinski definition) is 9. The SMILES string of the molecule is CC(=O)Nc1ccn([C@@H]2O[C@H](CO)C(O)[C@@H]2OCC(=O)NCCNC(=O)C(F)(F)F)c(=O)n1. The fourth-order valence-corrected chi connectivity index (χ4v) is 2.83. The van der Waals surface area contributed by atoms with Crippen LogP contribution in [-0.4, -0.2) is 88.3 Å². The maximum atomic E-state index is 12.3. The number of carbonyl (C=O) groups is 3. The molecule has 184 valence electrons. The van der Waals surface area contributed by atoms with Crippen LogP contribution in [0.2, 0.25) is 0 Å². The number of alkyl halides is 3. The summed E-state index contributed by atoms with van der Waals surface area (Å²) in [6, 6.07) is 1.28. The van der Waals surface area contributed by atoms with Gasteiger partial charge < -0.3 is 35.6 Å². The van der Waals surface area contributed by atoms with E-state index in [9.17, 15) is 42.6 Å². The Balaban J connectivity index is 1.97. The van der Waals surface area contributed by atoms with Crippen molar-refractivity contribution < 1.29 is 47.2 Å². The molecule has 0 aliphatic carbocycles. The Morgan fingerprint density at radius 2 is 1.94 bits per heavy atom. The first kappa shape index (κ1) is 26.2. The number of aliphatic hydroxyl groups is 2. The minimum atomic E-state index is -5.04. The molecule has 1 aromatic rings. The number of aromatic nitrogens is 2. The van der Waals surface area contributed by atoms with E-state index in [-0.39, 0.29) is 12.4 Å². The van der Waals surface area contributed by atoms with E-state index in [0.717, 1.165) is 4.57 Å². The molecule has 0 spiro atoms. The molecule has 2 rings (SSSR count). The normalized spacial score (nSPS) is 22.6. The maximum absolute atomic E-state index is 12.3. The molecule has 1 fully saturated rings. The summed E-state index contributed by atoms with van der Waals surface area (Å²) in [6.07, 6.45) is -9.02. The van der Waals surface area contributed by atoms with Crippen LogP contribution in [0.4, 0.5) is 19.0 Å². The molecule has 16 heteroatoms. The Morgan fingerprint density at radius 3 is 2.52 bits per heavy atom. The predicted octanol–water partition coefficient (Wildman–Crippen LogP) is -2.37. The topological polar surface area (TPSA) is 181 Å². The third-order valence-corrected chi connectivity index (χ3v) is 4.30. The molecule has 0 saturated carbocycles. The quantitative estimate of drug-likeness (QED) is 0.241. The van der Waals surface area contributed by atoms with Crippen LogP contribution in [0.5, 0.6) is 0 Å². The zero-order chi connectivity index (χ0) is 24.8. The lowest BCUT2D eigenvalue weighted by atomic mass is 10.1. The second-order valence-electron chi connectivity index (χ2n) is 6.80. The standard InChI is InChI=1S/C17H22F3N5O8/c1-8(27)23-10-2-5-25(16(31)24-10)14-13(12(29)9(6-26)33-14)32-7-11(28)21-3-4-22-15(30)17(18,19)20/h2,5,9,12-14,26,29H,3-4,6-7H2,1H3,(H,21,28)(H,22,30)(H,23,24,27,31)/t9-,12?,13+,14-/m1/s1. The monoisotopic (exact) mass is 481 g/mol. The molecule has 0 bridgehead atoms. The number of hydrogen-bond donors (Lipinski definition) is 5. The second kappa shape index (κ2) is 11.2. The van der Waals surface area contributed by atoms with Gasteiger partial charge in [0.05, 0.1) is 6.61 Å². The smallest absolute Gasteiger partial charge is 0.394 e. The van der Waals surface area contributed by atoms with E-state index in [1.54, 1.807) is 5.32 Å². The van der Waals surface area contributed by atoms with Gasteiger partial charge in [0.1, 0.15) is 30.7 Å². The van der Waals surface area contributed by atoms with Crippen molar-refractivity contribution >= 4 is 23.5 Å².